The summed E-state index contributed by atoms with van der Waals surface area (Å²) in [5.74, 6) is 1.61. The van der Waals surface area contributed by atoms with Gasteiger partial charge in [0.15, 0.2) is 16.7 Å². The van der Waals surface area contributed by atoms with E-state index in [1.807, 2.05) is 72.8 Å². The van der Waals surface area contributed by atoms with Gasteiger partial charge in [-0.1, -0.05) is 36.4 Å². The number of allylic oxidation sites excluding steroid dienone is 1. The highest BCUT2D eigenvalue weighted by Crippen LogP contribution is 2.39. The Balaban J connectivity index is 1.45. The van der Waals surface area contributed by atoms with Crippen molar-refractivity contribution < 1.29 is 23.9 Å². The van der Waals surface area contributed by atoms with Crippen molar-refractivity contribution in [2.24, 2.45) is 4.99 Å². The number of thioether (sulfide) groups is 1. The molecule has 0 saturated carbocycles. The van der Waals surface area contributed by atoms with Gasteiger partial charge in [0.05, 0.1) is 36.3 Å². The fourth-order valence-electron chi connectivity index (χ4n) is 4.67. The number of nitro groups is 1. The van der Waals surface area contributed by atoms with Crippen LogP contribution in [-0.2, 0) is 24.4 Å². The maximum Gasteiger partial charge on any atom is 0.269 e. The molecular weight excluding hydrogens is 590 g/mol. The van der Waals surface area contributed by atoms with Crippen molar-refractivity contribution in [3.8, 4) is 17.2 Å². The van der Waals surface area contributed by atoms with Crippen LogP contribution in [0, 0.1) is 10.1 Å². The summed E-state index contributed by atoms with van der Waals surface area (Å²) in [5, 5.41) is 11.6. The number of ether oxygens (including phenoxy) is 3. The largest absolute Gasteiger partial charge is 0.497 e. The number of hydrogen-bond acceptors (Lipinski definition) is 8. The van der Waals surface area contributed by atoms with Crippen molar-refractivity contribution >= 4 is 40.3 Å². The van der Waals surface area contributed by atoms with Crippen molar-refractivity contribution in [1.82, 2.24) is 4.90 Å². The van der Waals surface area contributed by atoms with Crippen LogP contribution in [0.25, 0.3) is 6.08 Å². The van der Waals surface area contributed by atoms with Crippen LogP contribution in [0.5, 0.6) is 17.2 Å². The van der Waals surface area contributed by atoms with E-state index >= 15 is 0 Å². The van der Waals surface area contributed by atoms with Crippen LogP contribution in [0.2, 0.25) is 0 Å². The van der Waals surface area contributed by atoms with E-state index in [-0.39, 0.29) is 18.2 Å². The van der Waals surface area contributed by atoms with Crippen LogP contribution in [0.3, 0.4) is 0 Å². The molecule has 4 aromatic rings. The molecule has 0 atom stereocenters. The summed E-state index contributed by atoms with van der Waals surface area (Å²) in [4.78, 5) is 31.4. The van der Waals surface area contributed by atoms with Crippen LogP contribution in [0.1, 0.15) is 22.3 Å². The van der Waals surface area contributed by atoms with Crippen LogP contribution in [0.15, 0.2) is 114 Å². The van der Waals surface area contributed by atoms with E-state index in [1.165, 1.54) is 23.9 Å². The second-order valence-corrected chi connectivity index (χ2v) is 11.0. The Morgan fingerprint density at radius 3 is 2.31 bits per heavy atom. The number of amides is 1. The number of nitrogens with zero attached hydrogens (tertiary/aromatic N) is 3. The minimum atomic E-state index is -0.439. The number of non-ortho nitro benzene ring substituents is 1. The summed E-state index contributed by atoms with van der Waals surface area (Å²) in [5.41, 5.74) is 4.05. The number of benzene rings is 4. The highest BCUT2D eigenvalue weighted by atomic mass is 32.2. The fourth-order valence-corrected chi connectivity index (χ4v) is 5.67. The fraction of sp³-hybridized carbons (Fsp3) is 0.143. The smallest absolute Gasteiger partial charge is 0.269 e. The zero-order valence-electron chi connectivity index (χ0n) is 24.8. The van der Waals surface area contributed by atoms with E-state index < -0.39 is 4.92 Å². The molecule has 1 heterocycles. The molecule has 0 aromatic heterocycles. The number of carbonyl (C=O) groups excluding carboxylic acids is 1. The molecule has 1 saturated heterocycles. The third kappa shape index (κ3) is 7.60. The lowest BCUT2D eigenvalue weighted by Crippen LogP contribution is -2.28. The van der Waals surface area contributed by atoms with Crippen LogP contribution in [-0.4, -0.2) is 35.1 Å². The Hall–Kier alpha value is -5.35. The summed E-state index contributed by atoms with van der Waals surface area (Å²) in [6.45, 7) is 4.42. The highest BCUT2D eigenvalue weighted by Gasteiger charge is 2.33. The minimum absolute atomic E-state index is 0.0138. The average Bonchev–Trinajstić information content (AvgIpc) is 3.33. The molecule has 4 aromatic carbocycles. The van der Waals surface area contributed by atoms with Gasteiger partial charge in [-0.25, -0.2) is 4.99 Å². The third-order valence-electron chi connectivity index (χ3n) is 6.94. The van der Waals surface area contributed by atoms with Crippen molar-refractivity contribution in [3.63, 3.8) is 0 Å². The molecule has 10 heteroatoms. The van der Waals surface area contributed by atoms with Crippen molar-refractivity contribution in [1.29, 1.82) is 0 Å². The molecule has 0 unspecified atom stereocenters. The molecule has 5 rings (SSSR count). The first-order valence-corrected chi connectivity index (χ1v) is 14.9. The molecule has 0 radical (unpaired) electrons. The molecule has 0 spiro atoms. The molecule has 9 nitrogen and oxygen atoms in total. The lowest BCUT2D eigenvalue weighted by Gasteiger charge is -2.16. The number of aliphatic imine (C=N–C) groups is 1. The molecule has 45 heavy (non-hydrogen) atoms. The van der Waals surface area contributed by atoms with E-state index in [2.05, 4.69) is 6.58 Å². The van der Waals surface area contributed by atoms with E-state index in [1.54, 1.807) is 37.3 Å². The zero-order chi connectivity index (χ0) is 31.8. The highest BCUT2D eigenvalue weighted by molar-refractivity contribution is 8.18. The standard InChI is InChI=1S/C35H31N3O6S/c1-4-8-27-19-26(20-31(43-3)33(27)44-23-25-11-15-29(16-12-25)38(40)41)21-32-34(39)37(22-24-13-17-30(42-2)18-14-24)35(45-32)36-28-9-6-5-7-10-28/h4-7,9-21H,1,8,22-23H2,2-3H3/b32-21-,36-35?. The van der Waals surface area contributed by atoms with Crippen LogP contribution in [0.4, 0.5) is 11.4 Å². The summed E-state index contributed by atoms with van der Waals surface area (Å²) in [7, 11) is 3.17. The first-order chi connectivity index (χ1) is 21.9. The summed E-state index contributed by atoms with van der Waals surface area (Å²) in [6.07, 6.45) is 4.09. The Kier molecular flexibility index (Phi) is 9.96. The summed E-state index contributed by atoms with van der Waals surface area (Å²) >= 11 is 1.31. The van der Waals surface area contributed by atoms with Gasteiger partial charge in [0.1, 0.15) is 12.4 Å². The molecule has 0 aliphatic carbocycles. The van der Waals surface area contributed by atoms with Gasteiger partial charge in [-0.05, 0) is 89.5 Å². The van der Waals surface area contributed by atoms with Gasteiger partial charge in [-0.3, -0.25) is 19.8 Å². The quantitative estimate of drug-likeness (QED) is 0.0690. The summed E-state index contributed by atoms with van der Waals surface area (Å²) in [6, 6.07) is 27.1. The predicted molar refractivity (Wildman–Crippen MR) is 177 cm³/mol. The Labute approximate surface area is 265 Å². The van der Waals surface area contributed by atoms with Gasteiger partial charge in [-0.2, -0.15) is 0 Å². The molecular formula is C35H31N3O6S. The minimum Gasteiger partial charge on any atom is -0.497 e. The van der Waals surface area contributed by atoms with E-state index in [4.69, 9.17) is 19.2 Å². The first kappa shape index (κ1) is 31.1. The number of para-hydroxylation sites is 1. The number of amidine groups is 1. The Morgan fingerprint density at radius 2 is 1.67 bits per heavy atom. The number of methoxy groups -OCH3 is 2. The normalized spacial score (nSPS) is 14.5. The number of carbonyl (C=O) groups is 1. The lowest BCUT2D eigenvalue weighted by atomic mass is 10.0. The Morgan fingerprint density at radius 1 is 0.956 bits per heavy atom. The third-order valence-corrected chi connectivity index (χ3v) is 7.94. The topological polar surface area (TPSA) is 104 Å². The van der Waals surface area contributed by atoms with Crippen molar-refractivity contribution in [2.45, 2.75) is 19.6 Å². The first-order valence-electron chi connectivity index (χ1n) is 14.0. The van der Waals surface area contributed by atoms with Crippen molar-refractivity contribution in [3.05, 3.63) is 141 Å². The van der Waals surface area contributed by atoms with Crippen LogP contribution < -0.4 is 14.2 Å². The lowest BCUT2D eigenvalue weighted by molar-refractivity contribution is -0.384. The Bertz CT molecular complexity index is 1750. The maximum absolute atomic E-state index is 13.8. The molecule has 1 fully saturated rings. The predicted octanol–water partition coefficient (Wildman–Crippen LogP) is 7.72. The molecule has 0 N–H and O–H groups in total. The van der Waals surface area contributed by atoms with E-state index in [0.29, 0.717) is 34.5 Å². The average molecular weight is 622 g/mol. The van der Waals surface area contributed by atoms with Gasteiger partial charge >= 0.3 is 0 Å². The monoisotopic (exact) mass is 621 g/mol. The van der Waals surface area contributed by atoms with Gasteiger partial charge in [0, 0.05) is 17.7 Å². The van der Waals surface area contributed by atoms with E-state index in [0.717, 1.165) is 33.7 Å². The number of nitro benzene ring substituents is 1. The maximum atomic E-state index is 13.8. The number of rotatable bonds is 12. The zero-order valence-corrected chi connectivity index (χ0v) is 25.7. The number of hydrogen-bond donors (Lipinski definition) is 0. The molecule has 228 valence electrons. The van der Waals surface area contributed by atoms with Gasteiger partial charge < -0.3 is 14.2 Å². The molecule has 0 bridgehead atoms. The molecule has 1 aliphatic rings. The molecule has 1 aliphatic heterocycles. The SMILES string of the molecule is C=CCc1cc(/C=C2\SC(=Nc3ccccc3)N(Cc3ccc(OC)cc3)C2=O)cc(OC)c1OCc1ccc([N+](=O)[O-])cc1. The van der Waals surface area contributed by atoms with Crippen LogP contribution >= 0.6 is 11.8 Å². The van der Waals surface area contributed by atoms with E-state index in [9.17, 15) is 14.9 Å². The second kappa shape index (κ2) is 14.4. The summed E-state index contributed by atoms with van der Waals surface area (Å²) < 4.78 is 17.1. The van der Waals surface area contributed by atoms with Crippen molar-refractivity contribution in [2.75, 3.05) is 14.2 Å². The molecule has 1 amide bonds. The van der Waals surface area contributed by atoms with Gasteiger partial charge in [-0.15, -0.1) is 6.58 Å². The van der Waals surface area contributed by atoms with Gasteiger partial charge in [0.25, 0.3) is 11.6 Å². The van der Waals surface area contributed by atoms with Gasteiger partial charge in [0.2, 0.25) is 0 Å². The second-order valence-electron chi connectivity index (χ2n) is 10.00.